The van der Waals surface area contributed by atoms with Gasteiger partial charge in [-0.15, -0.1) is 0 Å². The number of hydrogen-bond donors (Lipinski definition) is 3. The first kappa shape index (κ1) is 14.4. The normalized spacial score (nSPS) is 19.3. The highest BCUT2D eigenvalue weighted by atomic mass is 16.5. The van der Waals surface area contributed by atoms with Crippen LogP contribution in [0.25, 0.3) is 5.57 Å². The lowest BCUT2D eigenvalue weighted by atomic mass is 9.70. The van der Waals surface area contributed by atoms with Crippen molar-refractivity contribution in [2.45, 2.75) is 45.6 Å². The van der Waals surface area contributed by atoms with Gasteiger partial charge < -0.3 is 20.7 Å². The lowest BCUT2D eigenvalue weighted by molar-refractivity contribution is 0.0153. The van der Waals surface area contributed by atoms with Crippen LogP contribution in [-0.4, -0.2) is 29.0 Å². The molecule has 1 aromatic carbocycles. The van der Waals surface area contributed by atoms with Gasteiger partial charge in [-0.3, -0.25) is 0 Å². The fourth-order valence-corrected chi connectivity index (χ4v) is 3.65. The van der Waals surface area contributed by atoms with E-state index in [2.05, 4.69) is 0 Å². The number of hydrogen-bond acceptors (Lipinski definition) is 4. The third-order valence-corrected chi connectivity index (χ3v) is 5.25. The topological polar surface area (TPSA) is 75.7 Å². The third kappa shape index (κ3) is 1.75. The monoisotopic (exact) mass is 289 g/mol. The maximum absolute atomic E-state index is 10.3. The van der Waals surface area contributed by atoms with E-state index in [-0.39, 0.29) is 12.2 Å². The summed E-state index contributed by atoms with van der Waals surface area (Å²) in [5, 5.41) is 20.2. The van der Waals surface area contributed by atoms with Crippen molar-refractivity contribution >= 4 is 5.57 Å². The molecule has 0 bridgehead atoms. The molecule has 1 aromatic rings. The number of fused-ring (bicyclic) bond motifs is 1. The van der Waals surface area contributed by atoms with Gasteiger partial charge >= 0.3 is 0 Å². The van der Waals surface area contributed by atoms with Crippen molar-refractivity contribution in [3.05, 3.63) is 27.8 Å². The van der Waals surface area contributed by atoms with Crippen LogP contribution in [0.1, 0.15) is 41.5 Å². The highest BCUT2D eigenvalue weighted by Crippen LogP contribution is 2.53. The molecule has 0 unspecified atom stereocenters. The predicted molar refractivity (Wildman–Crippen MR) is 82.6 cm³/mol. The fourth-order valence-electron chi connectivity index (χ4n) is 3.65. The molecule has 4 heteroatoms. The minimum absolute atomic E-state index is 0.0426. The van der Waals surface area contributed by atoms with Crippen LogP contribution in [0.2, 0.25) is 0 Å². The van der Waals surface area contributed by atoms with Gasteiger partial charge in [0.05, 0.1) is 6.61 Å². The van der Waals surface area contributed by atoms with Crippen molar-refractivity contribution in [2.75, 3.05) is 13.2 Å². The van der Waals surface area contributed by atoms with Crippen LogP contribution in [-0.2, 0) is 0 Å². The standard InChI is InChI=1S/C17H23NO3/c1-9-10(2)16-14(11(3)15(9)20)12(7-18)13(8-19)17(21-16)5-4-6-17/h19-20H,4-8,18H2,1-3H3. The Labute approximate surface area is 125 Å². The van der Waals surface area contributed by atoms with E-state index in [1.54, 1.807) is 0 Å². The van der Waals surface area contributed by atoms with E-state index in [0.717, 1.165) is 58.4 Å². The van der Waals surface area contributed by atoms with Gasteiger partial charge in [0.1, 0.15) is 17.1 Å². The van der Waals surface area contributed by atoms with Gasteiger partial charge in [-0.05, 0) is 56.7 Å². The third-order valence-electron chi connectivity index (χ3n) is 5.25. The summed E-state index contributed by atoms with van der Waals surface area (Å²) in [7, 11) is 0. The molecule has 1 aliphatic heterocycles. The Morgan fingerprint density at radius 3 is 2.29 bits per heavy atom. The first-order valence-electron chi connectivity index (χ1n) is 7.52. The zero-order valence-corrected chi connectivity index (χ0v) is 12.9. The average Bonchev–Trinajstić information content (AvgIpc) is 2.46. The van der Waals surface area contributed by atoms with Crippen molar-refractivity contribution < 1.29 is 14.9 Å². The molecule has 4 nitrogen and oxygen atoms in total. The number of ether oxygens (including phenoxy) is 1. The summed E-state index contributed by atoms with van der Waals surface area (Å²) in [6.45, 7) is 6.06. The minimum Gasteiger partial charge on any atom is -0.507 e. The van der Waals surface area contributed by atoms with Gasteiger partial charge in [-0.2, -0.15) is 0 Å². The minimum atomic E-state index is -0.378. The molecule has 4 N–H and O–H groups in total. The van der Waals surface area contributed by atoms with E-state index in [4.69, 9.17) is 10.5 Å². The molecule has 1 aliphatic carbocycles. The quantitative estimate of drug-likeness (QED) is 0.781. The summed E-state index contributed by atoms with van der Waals surface area (Å²) < 4.78 is 6.35. The second kappa shape index (κ2) is 4.75. The van der Waals surface area contributed by atoms with E-state index in [1.165, 1.54) is 0 Å². The lowest BCUT2D eigenvalue weighted by Gasteiger charge is -2.48. The van der Waals surface area contributed by atoms with Gasteiger partial charge in [-0.25, -0.2) is 0 Å². The van der Waals surface area contributed by atoms with E-state index in [9.17, 15) is 10.2 Å². The number of phenolic OH excluding ortho intramolecular Hbond substituents is 1. The molecule has 21 heavy (non-hydrogen) atoms. The molecule has 1 spiro atoms. The summed E-state index contributed by atoms with van der Waals surface area (Å²) >= 11 is 0. The van der Waals surface area contributed by atoms with Gasteiger partial charge in [0, 0.05) is 23.2 Å². The number of aromatic hydroxyl groups is 1. The number of phenols is 1. The number of aliphatic hydroxyl groups is 1. The van der Waals surface area contributed by atoms with E-state index in [1.807, 2.05) is 20.8 Å². The second-order valence-electron chi connectivity index (χ2n) is 6.20. The van der Waals surface area contributed by atoms with Crippen LogP contribution >= 0.6 is 0 Å². The molecule has 3 rings (SSSR count). The Bertz CT molecular complexity index is 642. The van der Waals surface area contributed by atoms with Crippen molar-refractivity contribution in [1.82, 2.24) is 0 Å². The van der Waals surface area contributed by atoms with Gasteiger partial charge in [0.25, 0.3) is 0 Å². The molecule has 1 heterocycles. The van der Waals surface area contributed by atoms with Crippen LogP contribution in [0, 0.1) is 20.8 Å². The summed E-state index contributed by atoms with van der Waals surface area (Å²) in [5.74, 6) is 1.13. The van der Waals surface area contributed by atoms with Crippen molar-refractivity contribution in [3.8, 4) is 11.5 Å². The summed E-state index contributed by atoms with van der Waals surface area (Å²) in [4.78, 5) is 0. The molecular weight excluding hydrogens is 266 g/mol. The Morgan fingerprint density at radius 2 is 1.81 bits per heavy atom. The largest absolute Gasteiger partial charge is 0.507 e. The number of benzene rings is 1. The Kier molecular flexibility index (Phi) is 3.26. The van der Waals surface area contributed by atoms with Crippen molar-refractivity contribution in [3.63, 3.8) is 0 Å². The summed E-state index contributed by atoms with van der Waals surface area (Å²) in [6.07, 6.45) is 2.94. The van der Waals surface area contributed by atoms with Crippen LogP contribution in [0.3, 0.4) is 0 Å². The summed E-state index contributed by atoms with van der Waals surface area (Å²) in [6, 6.07) is 0. The first-order chi connectivity index (χ1) is 9.96. The molecule has 1 fully saturated rings. The second-order valence-corrected chi connectivity index (χ2v) is 6.20. The highest BCUT2D eigenvalue weighted by Gasteiger charge is 2.48. The zero-order valence-electron chi connectivity index (χ0n) is 12.9. The molecule has 0 atom stereocenters. The summed E-state index contributed by atoms with van der Waals surface area (Å²) in [5.41, 5.74) is 10.9. The SMILES string of the molecule is Cc1c(C)c2c(c(C)c1O)C(CN)=C(CO)C1(CCC1)O2. The van der Waals surface area contributed by atoms with Gasteiger partial charge in [-0.1, -0.05) is 0 Å². The van der Waals surface area contributed by atoms with Crippen molar-refractivity contribution in [2.24, 2.45) is 5.73 Å². The number of aliphatic hydroxyl groups excluding tert-OH is 1. The van der Waals surface area contributed by atoms with E-state index >= 15 is 0 Å². The molecule has 0 radical (unpaired) electrons. The molecule has 0 aromatic heterocycles. The van der Waals surface area contributed by atoms with E-state index in [0.29, 0.717) is 12.3 Å². The molecular formula is C17H23NO3. The highest BCUT2D eigenvalue weighted by molar-refractivity contribution is 5.83. The smallest absolute Gasteiger partial charge is 0.133 e. The zero-order chi connectivity index (χ0) is 15.4. The van der Waals surface area contributed by atoms with Crippen LogP contribution in [0.15, 0.2) is 5.57 Å². The van der Waals surface area contributed by atoms with Crippen LogP contribution in [0.5, 0.6) is 11.5 Å². The first-order valence-corrected chi connectivity index (χ1v) is 7.52. The van der Waals surface area contributed by atoms with Gasteiger partial charge in [0.15, 0.2) is 0 Å². The lowest BCUT2D eigenvalue weighted by Crippen LogP contribution is -2.49. The maximum atomic E-state index is 10.3. The maximum Gasteiger partial charge on any atom is 0.133 e. The van der Waals surface area contributed by atoms with Gasteiger partial charge in [0.2, 0.25) is 0 Å². The average molecular weight is 289 g/mol. The molecule has 1 saturated carbocycles. The predicted octanol–water partition coefficient (Wildman–Crippen LogP) is 2.34. The molecule has 114 valence electrons. The molecule has 0 amide bonds. The molecule has 0 saturated heterocycles. The molecule has 2 aliphatic rings. The van der Waals surface area contributed by atoms with Crippen LogP contribution in [0.4, 0.5) is 0 Å². The number of rotatable bonds is 2. The Balaban J connectivity index is 2.34. The van der Waals surface area contributed by atoms with E-state index < -0.39 is 0 Å². The fraction of sp³-hybridized carbons (Fsp3) is 0.529. The Hall–Kier alpha value is -1.52. The van der Waals surface area contributed by atoms with Crippen LogP contribution < -0.4 is 10.5 Å². The number of nitrogens with two attached hydrogens (primary N) is 1. The van der Waals surface area contributed by atoms with Crippen molar-refractivity contribution in [1.29, 1.82) is 0 Å². The Morgan fingerprint density at radius 1 is 1.14 bits per heavy atom.